The van der Waals surface area contributed by atoms with Crippen LogP contribution in [0.2, 0.25) is 0 Å². The molecular formula is C21H28N2O3S. The zero-order valence-corrected chi connectivity index (χ0v) is 16.7. The number of nitrogens with one attached hydrogen (secondary N) is 1. The van der Waals surface area contributed by atoms with E-state index in [2.05, 4.69) is 41.7 Å². The Kier molecular flexibility index (Phi) is 6.50. The SMILES string of the molecule is CCS(=O)(=O)N1CCC(C(=O)NCCCc2cccc3ccccc23)CC1. The molecule has 0 unspecified atom stereocenters. The molecule has 0 atom stereocenters. The third kappa shape index (κ3) is 4.87. The van der Waals surface area contributed by atoms with Crippen molar-refractivity contribution in [1.29, 1.82) is 0 Å². The highest BCUT2D eigenvalue weighted by Crippen LogP contribution is 2.21. The molecule has 1 aliphatic heterocycles. The van der Waals surface area contributed by atoms with Gasteiger partial charge in [-0.25, -0.2) is 12.7 Å². The van der Waals surface area contributed by atoms with Crippen LogP contribution in [0.15, 0.2) is 42.5 Å². The monoisotopic (exact) mass is 388 g/mol. The van der Waals surface area contributed by atoms with Crippen LogP contribution in [0.25, 0.3) is 10.8 Å². The van der Waals surface area contributed by atoms with Crippen molar-refractivity contribution in [3.05, 3.63) is 48.0 Å². The lowest BCUT2D eigenvalue weighted by Gasteiger charge is -2.30. The van der Waals surface area contributed by atoms with Crippen molar-refractivity contribution in [1.82, 2.24) is 9.62 Å². The second kappa shape index (κ2) is 8.85. The number of sulfonamides is 1. The van der Waals surface area contributed by atoms with Gasteiger partial charge in [0.05, 0.1) is 5.75 Å². The Morgan fingerprint density at radius 2 is 1.81 bits per heavy atom. The molecule has 0 bridgehead atoms. The number of hydrogen-bond donors (Lipinski definition) is 1. The summed E-state index contributed by atoms with van der Waals surface area (Å²) >= 11 is 0. The molecule has 2 aromatic carbocycles. The van der Waals surface area contributed by atoms with Gasteiger partial charge in [0.15, 0.2) is 0 Å². The Balaban J connectivity index is 1.44. The van der Waals surface area contributed by atoms with Crippen LogP contribution in [0.5, 0.6) is 0 Å². The number of aryl methyl sites for hydroxylation is 1. The minimum absolute atomic E-state index is 0.0569. The van der Waals surface area contributed by atoms with Crippen LogP contribution in [-0.4, -0.2) is 44.0 Å². The molecule has 1 aliphatic rings. The van der Waals surface area contributed by atoms with Gasteiger partial charge in [-0.1, -0.05) is 42.5 Å². The number of rotatable bonds is 7. The van der Waals surface area contributed by atoms with Gasteiger partial charge >= 0.3 is 0 Å². The summed E-state index contributed by atoms with van der Waals surface area (Å²) in [6, 6.07) is 14.7. The molecule has 1 heterocycles. The lowest BCUT2D eigenvalue weighted by molar-refractivity contribution is -0.126. The molecule has 0 radical (unpaired) electrons. The molecule has 1 fully saturated rings. The van der Waals surface area contributed by atoms with Gasteiger partial charge in [-0.15, -0.1) is 0 Å². The van der Waals surface area contributed by atoms with Gasteiger partial charge in [0.2, 0.25) is 15.9 Å². The maximum absolute atomic E-state index is 12.4. The highest BCUT2D eigenvalue weighted by molar-refractivity contribution is 7.89. The third-order valence-corrected chi connectivity index (χ3v) is 7.27. The van der Waals surface area contributed by atoms with Crippen molar-refractivity contribution in [3.8, 4) is 0 Å². The largest absolute Gasteiger partial charge is 0.356 e. The van der Waals surface area contributed by atoms with E-state index in [1.807, 2.05) is 6.07 Å². The maximum Gasteiger partial charge on any atom is 0.223 e. The maximum atomic E-state index is 12.4. The first-order valence-electron chi connectivity index (χ1n) is 9.73. The Bertz CT molecular complexity index is 882. The molecule has 0 aromatic heterocycles. The summed E-state index contributed by atoms with van der Waals surface area (Å²) < 4.78 is 25.3. The molecule has 1 N–H and O–H groups in total. The van der Waals surface area contributed by atoms with E-state index in [1.54, 1.807) is 6.92 Å². The summed E-state index contributed by atoms with van der Waals surface area (Å²) in [5, 5.41) is 5.55. The van der Waals surface area contributed by atoms with Crippen molar-refractivity contribution < 1.29 is 13.2 Å². The molecule has 0 aliphatic carbocycles. The van der Waals surface area contributed by atoms with E-state index >= 15 is 0 Å². The normalized spacial score (nSPS) is 16.5. The van der Waals surface area contributed by atoms with Gasteiger partial charge in [0, 0.05) is 25.6 Å². The number of piperidine rings is 1. The number of fused-ring (bicyclic) bond motifs is 1. The van der Waals surface area contributed by atoms with Gasteiger partial charge in [-0.2, -0.15) is 0 Å². The molecule has 1 saturated heterocycles. The van der Waals surface area contributed by atoms with Crippen molar-refractivity contribution in [2.75, 3.05) is 25.4 Å². The average molecular weight is 389 g/mol. The van der Waals surface area contributed by atoms with Crippen LogP contribution >= 0.6 is 0 Å². The standard InChI is InChI=1S/C21H28N2O3S/c1-2-27(25,26)23-15-12-19(13-16-23)21(24)22-14-6-10-18-9-5-8-17-7-3-4-11-20(17)18/h3-5,7-9,11,19H,2,6,10,12-16H2,1H3,(H,22,24). The fourth-order valence-electron chi connectivity index (χ4n) is 3.72. The Morgan fingerprint density at radius 3 is 2.56 bits per heavy atom. The molecule has 6 heteroatoms. The van der Waals surface area contributed by atoms with E-state index in [0.29, 0.717) is 32.5 Å². The molecule has 2 aromatic rings. The Labute approximate surface area is 161 Å². The Hall–Kier alpha value is -1.92. The Morgan fingerprint density at radius 1 is 1.11 bits per heavy atom. The van der Waals surface area contributed by atoms with Crippen molar-refractivity contribution in [3.63, 3.8) is 0 Å². The average Bonchev–Trinajstić information content (AvgIpc) is 2.71. The number of carbonyl (C=O) groups excluding carboxylic acids is 1. The van der Waals surface area contributed by atoms with Crippen molar-refractivity contribution in [2.45, 2.75) is 32.6 Å². The quantitative estimate of drug-likeness (QED) is 0.742. The second-order valence-electron chi connectivity index (χ2n) is 7.11. The van der Waals surface area contributed by atoms with Gasteiger partial charge in [-0.3, -0.25) is 4.79 Å². The van der Waals surface area contributed by atoms with Crippen LogP contribution in [0.4, 0.5) is 0 Å². The van der Waals surface area contributed by atoms with Gasteiger partial charge in [0.1, 0.15) is 0 Å². The predicted molar refractivity (Wildman–Crippen MR) is 109 cm³/mol. The molecule has 27 heavy (non-hydrogen) atoms. The summed E-state index contributed by atoms with van der Waals surface area (Å²) in [6.45, 7) is 3.20. The minimum atomic E-state index is -3.14. The molecule has 3 rings (SSSR count). The second-order valence-corrected chi connectivity index (χ2v) is 9.36. The first-order chi connectivity index (χ1) is 13.0. The molecule has 1 amide bonds. The number of benzene rings is 2. The predicted octanol–water partition coefficient (Wildman–Crippen LogP) is 2.95. The van der Waals surface area contributed by atoms with E-state index < -0.39 is 10.0 Å². The van der Waals surface area contributed by atoms with E-state index in [4.69, 9.17) is 0 Å². The first kappa shape index (κ1) is 19.8. The molecular weight excluding hydrogens is 360 g/mol. The van der Waals surface area contributed by atoms with Crippen molar-refractivity contribution in [2.24, 2.45) is 5.92 Å². The third-order valence-electron chi connectivity index (χ3n) is 5.38. The van der Waals surface area contributed by atoms with Gasteiger partial charge < -0.3 is 5.32 Å². The summed E-state index contributed by atoms with van der Waals surface area (Å²) in [5.41, 5.74) is 1.31. The summed E-state index contributed by atoms with van der Waals surface area (Å²) in [4.78, 5) is 12.4. The van der Waals surface area contributed by atoms with E-state index in [0.717, 1.165) is 12.8 Å². The number of hydrogen-bond acceptors (Lipinski definition) is 3. The molecule has 0 spiro atoms. The number of amides is 1. The highest BCUT2D eigenvalue weighted by Gasteiger charge is 2.29. The zero-order valence-electron chi connectivity index (χ0n) is 15.9. The van der Waals surface area contributed by atoms with E-state index in [9.17, 15) is 13.2 Å². The topological polar surface area (TPSA) is 66.5 Å². The summed E-state index contributed by atoms with van der Waals surface area (Å²) in [6.07, 6.45) is 3.03. The lowest BCUT2D eigenvalue weighted by atomic mass is 9.97. The highest BCUT2D eigenvalue weighted by atomic mass is 32.2. The molecule has 5 nitrogen and oxygen atoms in total. The minimum Gasteiger partial charge on any atom is -0.356 e. The van der Waals surface area contributed by atoms with Crippen LogP contribution in [0.3, 0.4) is 0 Å². The molecule has 146 valence electrons. The fourth-order valence-corrected chi connectivity index (χ4v) is 4.86. The summed E-state index contributed by atoms with van der Waals surface area (Å²) in [7, 11) is -3.14. The number of carbonyl (C=O) groups is 1. The van der Waals surface area contributed by atoms with Crippen LogP contribution in [0.1, 0.15) is 31.7 Å². The van der Waals surface area contributed by atoms with E-state index in [-0.39, 0.29) is 17.6 Å². The smallest absolute Gasteiger partial charge is 0.223 e. The fraction of sp³-hybridized carbons (Fsp3) is 0.476. The molecule has 0 saturated carbocycles. The van der Waals surface area contributed by atoms with Gasteiger partial charge in [-0.05, 0) is 48.9 Å². The van der Waals surface area contributed by atoms with Crippen LogP contribution in [0, 0.1) is 5.92 Å². The zero-order chi connectivity index (χ0) is 19.3. The van der Waals surface area contributed by atoms with Crippen LogP contribution < -0.4 is 5.32 Å². The lowest BCUT2D eigenvalue weighted by Crippen LogP contribution is -2.43. The van der Waals surface area contributed by atoms with Gasteiger partial charge in [0.25, 0.3) is 0 Å². The summed E-state index contributed by atoms with van der Waals surface area (Å²) in [5.74, 6) is 0.102. The van der Waals surface area contributed by atoms with Crippen LogP contribution in [-0.2, 0) is 21.2 Å². The first-order valence-corrected chi connectivity index (χ1v) is 11.3. The van der Waals surface area contributed by atoms with Crippen molar-refractivity contribution >= 4 is 26.7 Å². The van der Waals surface area contributed by atoms with E-state index in [1.165, 1.54) is 20.6 Å². The number of nitrogens with zero attached hydrogens (tertiary/aromatic N) is 1.